The van der Waals surface area contributed by atoms with Crippen LogP contribution < -0.4 is 0 Å². The number of hydrogen-bond donors (Lipinski definition) is 0. The van der Waals surface area contributed by atoms with Crippen LogP contribution in [0.25, 0.3) is 0 Å². The average molecular weight is 188 g/mol. The van der Waals surface area contributed by atoms with E-state index < -0.39 is 0 Å². The minimum absolute atomic E-state index is 0.0889. The van der Waals surface area contributed by atoms with Gasteiger partial charge in [-0.25, -0.2) is 0 Å². The first-order valence-corrected chi connectivity index (χ1v) is 8.66. The molecule has 0 nitrogen and oxygen atoms in total. The van der Waals surface area contributed by atoms with Gasteiger partial charge in [-0.3, -0.25) is 0 Å². The maximum absolute atomic E-state index is 2.33. The van der Waals surface area contributed by atoms with Gasteiger partial charge in [0, 0.05) is 0 Å². The molecule has 0 saturated carbocycles. The van der Waals surface area contributed by atoms with Gasteiger partial charge in [0.15, 0.2) is 0 Å². The van der Waals surface area contributed by atoms with Gasteiger partial charge in [0.05, 0.1) is 0 Å². The molecule has 0 fully saturated rings. The van der Waals surface area contributed by atoms with E-state index in [9.17, 15) is 0 Å². The SMILES string of the molecule is C[SiH](C)[TeH]. The Labute approximate surface area is 41.2 Å². The van der Waals surface area contributed by atoms with Gasteiger partial charge in [-0.2, -0.15) is 0 Å². The van der Waals surface area contributed by atoms with Gasteiger partial charge in [0.1, 0.15) is 0 Å². The van der Waals surface area contributed by atoms with Gasteiger partial charge in [-0.1, -0.05) is 0 Å². The summed E-state index contributed by atoms with van der Waals surface area (Å²) in [6.45, 7) is 4.66. The standard InChI is InChI=1S/C2H8SiTe/c1-3(2)4/h3-4H,1-2H3. The van der Waals surface area contributed by atoms with Crippen LogP contribution in [0.4, 0.5) is 0 Å². The zero-order valence-corrected chi connectivity index (χ0v) is 6.73. The molecule has 0 bridgehead atoms. The molecule has 0 aliphatic rings. The molecule has 0 aromatic rings. The summed E-state index contributed by atoms with van der Waals surface area (Å²) in [7, 11) is 0. The second-order valence-corrected chi connectivity index (χ2v) is 12.1. The van der Waals surface area contributed by atoms with Crippen LogP contribution in [0.2, 0.25) is 13.1 Å². The summed E-state index contributed by atoms with van der Waals surface area (Å²) in [6.07, 6.45) is -0.0889. The Morgan fingerprint density at radius 2 is 1.50 bits per heavy atom. The van der Waals surface area contributed by atoms with Crippen molar-refractivity contribution < 1.29 is 0 Å². The molecular weight excluding hydrogens is 180 g/mol. The Bertz CT molecular complexity index is 10.8. The summed E-state index contributed by atoms with van der Waals surface area (Å²) in [6, 6.07) is 0. The van der Waals surface area contributed by atoms with Gasteiger partial charge < -0.3 is 0 Å². The second-order valence-electron chi connectivity index (χ2n) is 1.09. The van der Waals surface area contributed by atoms with Crippen LogP contribution >= 0.6 is 0 Å². The molecule has 4 heavy (non-hydrogen) atoms. The Balaban J connectivity index is 2.32. The van der Waals surface area contributed by atoms with Gasteiger partial charge in [-0.05, 0) is 0 Å². The molecule has 0 radical (unpaired) electrons. The Morgan fingerprint density at radius 1 is 1.50 bits per heavy atom. The van der Waals surface area contributed by atoms with Gasteiger partial charge in [0.25, 0.3) is 0 Å². The van der Waals surface area contributed by atoms with E-state index in [-0.39, 0.29) is 6.34 Å². The van der Waals surface area contributed by atoms with Crippen LogP contribution in [0.5, 0.6) is 0 Å². The summed E-state index contributed by atoms with van der Waals surface area (Å²) in [5.41, 5.74) is 0. The molecule has 0 heterocycles. The van der Waals surface area contributed by atoms with E-state index in [1.807, 2.05) is 21.5 Å². The predicted octanol–water partition coefficient (Wildman–Crippen LogP) is -0.129. The third-order valence-electron chi connectivity index (χ3n) is 0. The molecule has 0 spiro atoms. The second kappa shape index (κ2) is 2.26. The van der Waals surface area contributed by atoms with Crippen LogP contribution in [0.1, 0.15) is 0 Å². The molecule has 0 atom stereocenters. The Kier molecular flexibility index (Phi) is 2.82. The van der Waals surface area contributed by atoms with Crippen LogP contribution in [0, 0.1) is 0 Å². The maximum atomic E-state index is 2.33. The van der Waals surface area contributed by atoms with Crippen molar-refractivity contribution >= 4 is 27.9 Å². The molecule has 0 aromatic heterocycles. The van der Waals surface area contributed by atoms with Crippen LogP contribution in [-0.2, 0) is 0 Å². The van der Waals surface area contributed by atoms with E-state index in [0.29, 0.717) is 0 Å². The monoisotopic (exact) mass is 190 g/mol. The van der Waals surface area contributed by atoms with Gasteiger partial charge in [0.2, 0.25) is 0 Å². The van der Waals surface area contributed by atoms with E-state index in [4.69, 9.17) is 0 Å². The fourth-order valence-electron chi connectivity index (χ4n) is 0. The zero-order valence-electron chi connectivity index (χ0n) is 3.02. The molecular formula is C2H8SiTe. The first kappa shape index (κ1) is 5.01. The first-order valence-electron chi connectivity index (χ1n) is 1.41. The van der Waals surface area contributed by atoms with E-state index in [1.54, 1.807) is 0 Å². The zero-order chi connectivity index (χ0) is 3.58. The fraction of sp³-hybridized carbons (Fsp3) is 1.00. The molecule has 0 rings (SSSR count). The predicted molar refractivity (Wildman–Crippen MR) is 26.0 cm³/mol. The molecule has 2 heteroatoms. The summed E-state index contributed by atoms with van der Waals surface area (Å²) < 4.78 is 0. The van der Waals surface area contributed by atoms with Crippen molar-refractivity contribution in [3.63, 3.8) is 0 Å². The van der Waals surface area contributed by atoms with E-state index in [1.165, 1.54) is 0 Å². The molecule has 0 saturated heterocycles. The van der Waals surface area contributed by atoms with Crippen molar-refractivity contribution in [3.05, 3.63) is 0 Å². The summed E-state index contributed by atoms with van der Waals surface area (Å²) >= 11 is 2.01. The van der Waals surface area contributed by atoms with Crippen LogP contribution in [0.15, 0.2) is 0 Å². The summed E-state index contributed by atoms with van der Waals surface area (Å²) in [5.74, 6) is 0. The van der Waals surface area contributed by atoms with Gasteiger partial charge >= 0.3 is 40.9 Å². The number of hydrogen-bond acceptors (Lipinski definition) is 0. The Morgan fingerprint density at radius 3 is 1.50 bits per heavy atom. The first-order chi connectivity index (χ1) is 1.73. The molecule has 26 valence electrons. The van der Waals surface area contributed by atoms with E-state index >= 15 is 0 Å². The van der Waals surface area contributed by atoms with E-state index in [2.05, 4.69) is 13.1 Å². The topological polar surface area (TPSA) is 0 Å². The summed E-state index contributed by atoms with van der Waals surface area (Å²) in [4.78, 5) is 0. The molecule has 0 aliphatic heterocycles. The van der Waals surface area contributed by atoms with Crippen LogP contribution in [-0.4, -0.2) is 27.9 Å². The molecule has 0 aliphatic carbocycles. The van der Waals surface area contributed by atoms with Crippen molar-refractivity contribution in [1.29, 1.82) is 0 Å². The molecule has 0 N–H and O–H groups in total. The van der Waals surface area contributed by atoms with Crippen molar-refractivity contribution in [2.24, 2.45) is 0 Å². The van der Waals surface area contributed by atoms with Crippen molar-refractivity contribution in [1.82, 2.24) is 0 Å². The Hall–Kier alpha value is 1.01. The quantitative estimate of drug-likeness (QED) is 0.464. The third kappa shape index (κ3) is 11.9. The van der Waals surface area contributed by atoms with Crippen LogP contribution in [0.3, 0.4) is 0 Å². The average Bonchev–Trinajstić information content (AvgIpc) is 0.811. The number of rotatable bonds is 0. The van der Waals surface area contributed by atoms with Crippen molar-refractivity contribution in [3.8, 4) is 0 Å². The van der Waals surface area contributed by atoms with Crippen molar-refractivity contribution in [2.75, 3.05) is 0 Å². The minimum atomic E-state index is -0.0889. The van der Waals surface area contributed by atoms with Gasteiger partial charge in [-0.15, -0.1) is 0 Å². The normalized spacial score (nSPS) is 9.00. The molecule has 0 amide bonds. The summed E-state index contributed by atoms with van der Waals surface area (Å²) in [5, 5.41) is 0. The molecule has 0 aromatic carbocycles. The fourth-order valence-corrected chi connectivity index (χ4v) is 0. The third-order valence-corrected chi connectivity index (χ3v) is 0. The van der Waals surface area contributed by atoms with Crippen molar-refractivity contribution in [2.45, 2.75) is 13.1 Å². The van der Waals surface area contributed by atoms with E-state index in [0.717, 1.165) is 0 Å². The molecule has 0 unspecified atom stereocenters.